The number of para-hydroxylation sites is 1. The van der Waals surface area contributed by atoms with Gasteiger partial charge in [-0.25, -0.2) is 4.39 Å². The zero-order chi connectivity index (χ0) is 11.4. The zero-order valence-electron chi connectivity index (χ0n) is 9.11. The maximum atomic E-state index is 13.2. The second-order valence-electron chi connectivity index (χ2n) is 3.63. The number of hydrogen-bond acceptors (Lipinski definition) is 1. The van der Waals surface area contributed by atoms with Crippen LogP contribution in [0, 0.1) is 12.7 Å². The first-order valence-corrected chi connectivity index (χ1v) is 5.19. The van der Waals surface area contributed by atoms with Crippen LogP contribution < -0.4 is 4.74 Å². The summed E-state index contributed by atoms with van der Waals surface area (Å²) >= 11 is 0. The van der Waals surface area contributed by atoms with Gasteiger partial charge in [0.2, 0.25) is 0 Å². The molecule has 0 unspecified atom stereocenters. The predicted molar refractivity (Wildman–Crippen MR) is 61.9 cm³/mol. The lowest BCUT2D eigenvalue weighted by molar-refractivity contribution is 0.304. The van der Waals surface area contributed by atoms with E-state index in [9.17, 15) is 4.39 Å². The SMILES string of the molecule is Cc1c(F)cccc1COc1ccccc1. The summed E-state index contributed by atoms with van der Waals surface area (Å²) in [6, 6.07) is 14.6. The van der Waals surface area contributed by atoms with Crippen molar-refractivity contribution in [2.24, 2.45) is 0 Å². The van der Waals surface area contributed by atoms with E-state index in [0.717, 1.165) is 11.3 Å². The third kappa shape index (κ3) is 2.40. The Kier molecular flexibility index (Phi) is 3.20. The second-order valence-corrected chi connectivity index (χ2v) is 3.63. The smallest absolute Gasteiger partial charge is 0.126 e. The van der Waals surface area contributed by atoms with E-state index in [1.165, 1.54) is 6.07 Å². The molecule has 16 heavy (non-hydrogen) atoms. The summed E-state index contributed by atoms with van der Waals surface area (Å²) in [5, 5.41) is 0. The van der Waals surface area contributed by atoms with Crippen LogP contribution in [-0.2, 0) is 6.61 Å². The third-order valence-corrected chi connectivity index (χ3v) is 2.52. The van der Waals surface area contributed by atoms with Crippen molar-refractivity contribution in [2.45, 2.75) is 13.5 Å². The molecule has 0 atom stereocenters. The average molecular weight is 216 g/mol. The van der Waals surface area contributed by atoms with Crippen molar-refractivity contribution < 1.29 is 9.13 Å². The molecule has 2 aromatic rings. The number of benzene rings is 2. The van der Waals surface area contributed by atoms with Crippen molar-refractivity contribution in [3.05, 3.63) is 65.5 Å². The molecule has 0 N–H and O–H groups in total. The van der Waals surface area contributed by atoms with Crippen molar-refractivity contribution in [1.29, 1.82) is 0 Å². The van der Waals surface area contributed by atoms with Gasteiger partial charge in [0.05, 0.1) is 0 Å². The van der Waals surface area contributed by atoms with Crippen LogP contribution in [0.2, 0.25) is 0 Å². The number of ether oxygens (including phenoxy) is 1. The summed E-state index contributed by atoms with van der Waals surface area (Å²) in [5.74, 6) is 0.611. The molecule has 1 nitrogen and oxygen atoms in total. The molecule has 2 heteroatoms. The average Bonchev–Trinajstić information content (AvgIpc) is 2.32. The first-order valence-electron chi connectivity index (χ1n) is 5.19. The van der Waals surface area contributed by atoms with E-state index in [4.69, 9.17) is 4.74 Å². The van der Waals surface area contributed by atoms with Crippen LogP contribution in [-0.4, -0.2) is 0 Å². The lowest BCUT2D eigenvalue weighted by Gasteiger charge is -2.08. The van der Waals surface area contributed by atoms with Crippen molar-refractivity contribution in [1.82, 2.24) is 0 Å². The second kappa shape index (κ2) is 4.79. The molecule has 2 rings (SSSR count). The fraction of sp³-hybridized carbons (Fsp3) is 0.143. The predicted octanol–water partition coefficient (Wildman–Crippen LogP) is 3.71. The summed E-state index contributed by atoms with van der Waals surface area (Å²) in [4.78, 5) is 0. The molecule has 0 spiro atoms. The summed E-state index contributed by atoms with van der Waals surface area (Å²) < 4.78 is 18.8. The van der Waals surface area contributed by atoms with Gasteiger partial charge in [-0.05, 0) is 36.2 Å². The number of halogens is 1. The summed E-state index contributed by atoms with van der Waals surface area (Å²) in [7, 11) is 0. The Labute approximate surface area is 94.5 Å². The summed E-state index contributed by atoms with van der Waals surface area (Å²) in [5.41, 5.74) is 1.53. The Hall–Kier alpha value is -1.83. The number of hydrogen-bond donors (Lipinski definition) is 0. The first kappa shape index (κ1) is 10.7. The monoisotopic (exact) mass is 216 g/mol. The third-order valence-electron chi connectivity index (χ3n) is 2.52. The van der Waals surface area contributed by atoms with Crippen LogP contribution in [0.4, 0.5) is 4.39 Å². The zero-order valence-corrected chi connectivity index (χ0v) is 9.11. The van der Waals surface area contributed by atoms with Gasteiger partial charge in [0.25, 0.3) is 0 Å². The molecule has 0 aliphatic heterocycles. The standard InChI is InChI=1S/C14H13FO/c1-11-12(6-5-9-14(11)15)10-16-13-7-3-2-4-8-13/h2-9H,10H2,1H3. The Bertz CT molecular complexity index is 465. The molecule has 0 amide bonds. The molecule has 0 saturated carbocycles. The fourth-order valence-electron chi connectivity index (χ4n) is 1.49. The first-order chi connectivity index (χ1) is 7.77. The molecule has 0 radical (unpaired) electrons. The van der Waals surface area contributed by atoms with Crippen LogP contribution >= 0.6 is 0 Å². The normalized spacial score (nSPS) is 10.1. The van der Waals surface area contributed by atoms with Crippen LogP contribution in [0.1, 0.15) is 11.1 Å². The highest BCUT2D eigenvalue weighted by molar-refractivity contribution is 5.28. The Morgan fingerprint density at radius 2 is 1.75 bits per heavy atom. The highest BCUT2D eigenvalue weighted by atomic mass is 19.1. The molecule has 82 valence electrons. The Morgan fingerprint density at radius 1 is 1.00 bits per heavy atom. The van der Waals surface area contributed by atoms with Crippen molar-refractivity contribution in [3.63, 3.8) is 0 Å². The Morgan fingerprint density at radius 3 is 2.50 bits per heavy atom. The van der Waals surface area contributed by atoms with Gasteiger partial charge in [-0.15, -0.1) is 0 Å². The van der Waals surface area contributed by atoms with Gasteiger partial charge >= 0.3 is 0 Å². The minimum absolute atomic E-state index is 0.186. The van der Waals surface area contributed by atoms with E-state index in [2.05, 4.69) is 0 Å². The maximum Gasteiger partial charge on any atom is 0.126 e. The van der Waals surface area contributed by atoms with E-state index in [1.54, 1.807) is 13.0 Å². The molecule has 0 aliphatic carbocycles. The van der Waals surface area contributed by atoms with E-state index in [-0.39, 0.29) is 5.82 Å². The number of rotatable bonds is 3. The van der Waals surface area contributed by atoms with Gasteiger partial charge < -0.3 is 4.74 Å². The molecular weight excluding hydrogens is 203 g/mol. The molecule has 0 heterocycles. The van der Waals surface area contributed by atoms with Gasteiger partial charge in [0, 0.05) is 0 Å². The van der Waals surface area contributed by atoms with Crippen LogP contribution in [0.3, 0.4) is 0 Å². The van der Waals surface area contributed by atoms with E-state index in [1.807, 2.05) is 36.4 Å². The summed E-state index contributed by atoms with van der Waals surface area (Å²) in [6.07, 6.45) is 0. The van der Waals surface area contributed by atoms with Crippen molar-refractivity contribution in [3.8, 4) is 5.75 Å². The molecule has 0 fully saturated rings. The van der Waals surface area contributed by atoms with Crippen molar-refractivity contribution in [2.75, 3.05) is 0 Å². The van der Waals surface area contributed by atoms with Crippen LogP contribution in [0.25, 0.3) is 0 Å². The van der Waals surface area contributed by atoms with Gasteiger partial charge in [-0.2, -0.15) is 0 Å². The quantitative estimate of drug-likeness (QED) is 0.759. The van der Waals surface area contributed by atoms with E-state index >= 15 is 0 Å². The maximum absolute atomic E-state index is 13.2. The molecule has 0 aliphatic rings. The van der Waals surface area contributed by atoms with Gasteiger partial charge in [-0.1, -0.05) is 30.3 Å². The fourth-order valence-corrected chi connectivity index (χ4v) is 1.49. The molecular formula is C14H13FO. The molecule has 0 aromatic heterocycles. The summed E-state index contributed by atoms with van der Waals surface area (Å²) in [6.45, 7) is 2.16. The lowest BCUT2D eigenvalue weighted by Crippen LogP contribution is -1.99. The highest BCUT2D eigenvalue weighted by Crippen LogP contribution is 2.16. The minimum atomic E-state index is -0.186. The minimum Gasteiger partial charge on any atom is -0.489 e. The lowest BCUT2D eigenvalue weighted by atomic mass is 10.1. The molecule has 0 saturated heterocycles. The molecule has 0 bridgehead atoms. The topological polar surface area (TPSA) is 9.23 Å². The van der Waals surface area contributed by atoms with Gasteiger partial charge in [0.1, 0.15) is 18.2 Å². The van der Waals surface area contributed by atoms with Gasteiger partial charge in [0.15, 0.2) is 0 Å². The van der Waals surface area contributed by atoms with Crippen molar-refractivity contribution >= 4 is 0 Å². The Balaban J connectivity index is 2.08. The van der Waals surface area contributed by atoms with Crippen LogP contribution in [0.5, 0.6) is 5.75 Å². The molecule has 2 aromatic carbocycles. The van der Waals surface area contributed by atoms with Gasteiger partial charge in [-0.3, -0.25) is 0 Å². The van der Waals surface area contributed by atoms with E-state index in [0.29, 0.717) is 12.2 Å². The van der Waals surface area contributed by atoms with E-state index < -0.39 is 0 Å². The van der Waals surface area contributed by atoms with Crippen LogP contribution in [0.15, 0.2) is 48.5 Å². The highest BCUT2D eigenvalue weighted by Gasteiger charge is 2.03. The largest absolute Gasteiger partial charge is 0.489 e.